The number of nitrogens with one attached hydrogen (secondary N) is 2. The molecule has 5 heterocycles. The van der Waals surface area contributed by atoms with Crippen LogP contribution in [-0.2, 0) is 9.53 Å². The lowest BCUT2D eigenvalue weighted by Crippen LogP contribution is -2.39. The number of allylic oxidation sites excluding steroid dienone is 1. The van der Waals surface area contributed by atoms with Crippen LogP contribution < -0.4 is 10.6 Å². The van der Waals surface area contributed by atoms with Crippen LogP contribution in [0.1, 0.15) is 60.4 Å². The Morgan fingerprint density at radius 3 is 2.73 bits per heavy atom. The number of rotatable bonds is 6. The van der Waals surface area contributed by atoms with Crippen molar-refractivity contribution in [2.24, 2.45) is 10.9 Å². The van der Waals surface area contributed by atoms with Gasteiger partial charge in [-0.05, 0) is 75.6 Å². The zero-order valence-corrected chi connectivity index (χ0v) is 22.3. The second-order valence-electron chi connectivity index (χ2n) is 10.3. The lowest BCUT2D eigenvalue weighted by atomic mass is 9.95. The highest BCUT2D eigenvalue weighted by Crippen LogP contribution is 2.32. The average Bonchev–Trinajstić information content (AvgIpc) is 3.32. The maximum absolute atomic E-state index is 13.5. The third-order valence-corrected chi connectivity index (χ3v) is 7.90. The van der Waals surface area contributed by atoms with Crippen molar-refractivity contribution >= 4 is 28.6 Å². The third kappa shape index (κ3) is 5.19. The summed E-state index contributed by atoms with van der Waals surface area (Å²) in [6, 6.07) is 4.29. The Kier molecular flexibility index (Phi) is 7.42. The summed E-state index contributed by atoms with van der Waals surface area (Å²) in [5, 5.41) is 6.42. The lowest BCUT2D eigenvalue weighted by molar-refractivity contribution is -0.120. The molecule has 0 spiro atoms. The molecule has 2 amide bonds. The molecule has 2 aromatic rings. The Morgan fingerprint density at radius 1 is 1.24 bits per heavy atom. The number of ether oxygens (including phenoxy) is 1. The van der Waals surface area contributed by atoms with Crippen molar-refractivity contribution in [1.29, 1.82) is 0 Å². The molecular formula is C29H37N5O3. The maximum atomic E-state index is 13.5. The number of hydrogen-bond acceptors (Lipinski definition) is 5. The van der Waals surface area contributed by atoms with Gasteiger partial charge in [-0.3, -0.25) is 14.5 Å². The van der Waals surface area contributed by atoms with Gasteiger partial charge in [-0.1, -0.05) is 11.6 Å². The van der Waals surface area contributed by atoms with E-state index in [1.165, 1.54) is 11.1 Å². The molecule has 5 rings (SSSR count). The number of fused-ring (bicyclic) bond motifs is 1. The standard InChI is InChI=1S/C29H37N5O3/c1-18-13-19(2)32-29(36)26(18)16-31-28(35)25-15-24-14-23(22-5-7-30-8-6-22)17-34(24)27(20(25)3)21(4)33-9-11-37-12-10-33/h5,13-15,17,21,26,30H,6-12,16H2,1-4H3,(H,31,35). The molecule has 2 unspecified atom stereocenters. The molecule has 0 aliphatic carbocycles. The van der Waals surface area contributed by atoms with Gasteiger partial charge in [-0.15, -0.1) is 0 Å². The predicted molar refractivity (Wildman–Crippen MR) is 146 cm³/mol. The summed E-state index contributed by atoms with van der Waals surface area (Å²) in [5.74, 6) is -0.778. The first kappa shape index (κ1) is 25.6. The average molecular weight is 504 g/mol. The molecule has 3 aliphatic rings. The normalized spacial score (nSPS) is 21.9. The fraction of sp³-hybridized carbons (Fsp3) is 0.483. The largest absolute Gasteiger partial charge is 0.379 e. The molecule has 2 atom stereocenters. The van der Waals surface area contributed by atoms with Crippen LogP contribution in [0, 0.1) is 12.8 Å². The van der Waals surface area contributed by atoms with Gasteiger partial charge in [-0.2, -0.15) is 0 Å². The van der Waals surface area contributed by atoms with E-state index in [0.717, 1.165) is 54.9 Å². The molecule has 8 nitrogen and oxygen atoms in total. The zero-order valence-electron chi connectivity index (χ0n) is 22.3. The van der Waals surface area contributed by atoms with Crippen LogP contribution in [0.3, 0.4) is 0 Å². The van der Waals surface area contributed by atoms with Crippen LogP contribution in [0.4, 0.5) is 0 Å². The molecule has 0 radical (unpaired) electrons. The second-order valence-corrected chi connectivity index (χ2v) is 10.3. The van der Waals surface area contributed by atoms with E-state index in [1.807, 2.05) is 32.9 Å². The van der Waals surface area contributed by atoms with Gasteiger partial charge in [0.2, 0.25) is 0 Å². The number of carbonyl (C=O) groups excluding carboxylic acids is 2. The van der Waals surface area contributed by atoms with Crippen molar-refractivity contribution in [3.8, 4) is 0 Å². The van der Waals surface area contributed by atoms with E-state index >= 15 is 0 Å². The Bertz CT molecular complexity index is 1310. The van der Waals surface area contributed by atoms with Gasteiger partial charge in [0.05, 0.1) is 19.1 Å². The van der Waals surface area contributed by atoms with E-state index < -0.39 is 5.92 Å². The number of dihydropyridines is 1. The molecule has 1 fully saturated rings. The van der Waals surface area contributed by atoms with Crippen molar-refractivity contribution in [1.82, 2.24) is 19.9 Å². The summed E-state index contributed by atoms with van der Waals surface area (Å²) in [6.45, 7) is 13.2. The van der Waals surface area contributed by atoms with Crippen molar-refractivity contribution < 1.29 is 14.3 Å². The van der Waals surface area contributed by atoms with E-state index in [-0.39, 0.29) is 24.4 Å². The molecular weight excluding hydrogens is 466 g/mol. The van der Waals surface area contributed by atoms with E-state index in [2.05, 4.69) is 50.2 Å². The summed E-state index contributed by atoms with van der Waals surface area (Å²) < 4.78 is 7.86. The number of pyridine rings is 1. The monoisotopic (exact) mass is 503 g/mol. The summed E-state index contributed by atoms with van der Waals surface area (Å²) >= 11 is 0. The van der Waals surface area contributed by atoms with Gasteiger partial charge in [0, 0.05) is 60.9 Å². The summed E-state index contributed by atoms with van der Waals surface area (Å²) in [4.78, 5) is 32.5. The first-order valence-corrected chi connectivity index (χ1v) is 13.3. The molecule has 0 bridgehead atoms. The Labute approximate surface area is 218 Å². The van der Waals surface area contributed by atoms with Crippen molar-refractivity contribution in [3.63, 3.8) is 0 Å². The third-order valence-electron chi connectivity index (χ3n) is 7.90. The predicted octanol–water partition coefficient (Wildman–Crippen LogP) is 3.31. The van der Waals surface area contributed by atoms with Crippen LogP contribution >= 0.6 is 0 Å². The highest BCUT2D eigenvalue weighted by atomic mass is 16.5. The topological polar surface area (TPSA) is 87.4 Å². The molecule has 8 heteroatoms. The molecule has 3 aliphatic heterocycles. The van der Waals surface area contributed by atoms with Gasteiger partial charge in [0.15, 0.2) is 0 Å². The quantitative estimate of drug-likeness (QED) is 0.632. The molecule has 37 heavy (non-hydrogen) atoms. The molecule has 2 N–H and O–H groups in total. The van der Waals surface area contributed by atoms with Gasteiger partial charge in [-0.25, -0.2) is 4.99 Å². The van der Waals surface area contributed by atoms with E-state index in [1.54, 1.807) is 0 Å². The Balaban J connectivity index is 1.50. The highest BCUT2D eigenvalue weighted by Gasteiger charge is 2.28. The summed E-state index contributed by atoms with van der Waals surface area (Å²) in [6.07, 6.45) is 7.38. The Hall–Kier alpha value is -3.07. The number of aromatic nitrogens is 1. The molecule has 2 aromatic heterocycles. The number of aliphatic imine (C=N–C) groups is 1. The molecule has 0 saturated carbocycles. The van der Waals surface area contributed by atoms with Crippen LogP contribution in [0.15, 0.2) is 41.0 Å². The van der Waals surface area contributed by atoms with Crippen LogP contribution in [-0.4, -0.2) is 72.8 Å². The SMILES string of the molecule is CC1=CC(C)=NC(=O)C1CNC(=O)c1cc2cc(C3=CCNCC3)cn2c(C(C)N2CCOCC2)c1C. The smallest absolute Gasteiger partial charge is 0.254 e. The van der Waals surface area contributed by atoms with Gasteiger partial charge in [0.1, 0.15) is 0 Å². The van der Waals surface area contributed by atoms with Crippen LogP contribution in [0.25, 0.3) is 11.1 Å². The fourth-order valence-electron chi connectivity index (χ4n) is 5.77. The van der Waals surface area contributed by atoms with Crippen molar-refractivity contribution in [2.45, 2.75) is 40.2 Å². The van der Waals surface area contributed by atoms with E-state index in [4.69, 9.17) is 4.74 Å². The van der Waals surface area contributed by atoms with Gasteiger partial charge in [0.25, 0.3) is 11.8 Å². The van der Waals surface area contributed by atoms with Crippen LogP contribution in [0.2, 0.25) is 0 Å². The molecule has 1 saturated heterocycles. The number of nitrogens with zero attached hydrogens (tertiary/aromatic N) is 3. The van der Waals surface area contributed by atoms with E-state index in [9.17, 15) is 9.59 Å². The lowest BCUT2D eigenvalue weighted by Gasteiger charge is -2.34. The highest BCUT2D eigenvalue weighted by molar-refractivity contribution is 6.06. The van der Waals surface area contributed by atoms with Crippen molar-refractivity contribution in [2.75, 3.05) is 45.9 Å². The summed E-state index contributed by atoms with van der Waals surface area (Å²) in [7, 11) is 0. The maximum Gasteiger partial charge on any atom is 0.254 e. The van der Waals surface area contributed by atoms with Crippen molar-refractivity contribution in [3.05, 3.63) is 58.4 Å². The number of amides is 2. The number of hydrogen-bond donors (Lipinski definition) is 2. The minimum atomic E-state index is -0.421. The number of morpholine rings is 1. The second kappa shape index (κ2) is 10.7. The Morgan fingerprint density at radius 2 is 2.03 bits per heavy atom. The zero-order chi connectivity index (χ0) is 26.1. The summed E-state index contributed by atoms with van der Waals surface area (Å²) in [5.41, 5.74) is 7.91. The van der Waals surface area contributed by atoms with Gasteiger partial charge >= 0.3 is 0 Å². The first-order valence-electron chi connectivity index (χ1n) is 13.3. The van der Waals surface area contributed by atoms with Gasteiger partial charge < -0.3 is 19.8 Å². The minimum Gasteiger partial charge on any atom is -0.379 e. The first-order chi connectivity index (χ1) is 17.8. The molecule has 196 valence electrons. The van der Waals surface area contributed by atoms with Crippen LogP contribution in [0.5, 0.6) is 0 Å². The molecule has 0 aromatic carbocycles. The minimum absolute atomic E-state index is 0.115. The number of carbonyl (C=O) groups is 2. The van der Waals surface area contributed by atoms with E-state index in [0.29, 0.717) is 24.5 Å². The fourth-order valence-corrected chi connectivity index (χ4v) is 5.77.